The second-order valence-corrected chi connectivity index (χ2v) is 9.63. The number of para-hydroxylation sites is 3. The van der Waals surface area contributed by atoms with Crippen molar-refractivity contribution in [3.63, 3.8) is 0 Å². The van der Waals surface area contributed by atoms with Crippen molar-refractivity contribution in [2.75, 3.05) is 7.05 Å². The molecule has 0 saturated carbocycles. The molecule has 2 unspecified atom stereocenters. The van der Waals surface area contributed by atoms with E-state index in [1.54, 1.807) is 6.07 Å². The van der Waals surface area contributed by atoms with Gasteiger partial charge in [-0.25, -0.2) is 4.58 Å². The second kappa shape index (κ2) is 7.69. The summed E-state index contributed by atoms with van der Waals surface area (Å²) in [5.41, 5.74) is 7.03. The molecule has 36 heavy (non-hydrogen) atoms. The van der Waals surface area contributed by atoms with Gasteiger partial charge in [0, 0.05) is 21.9 Å². The van der Waals surface area contributed by atoms with E-state index >= 15 is 0 Å². The van der Waals surface area contributed by atoms with E-state index in [4.69, 9.17) is 15.7 Å². The first kappa shape index (κ1) is 14.4. The van der Waals surface area contributed by atoms with E-state index < -0.39 is 30.3 Å². The van der Waals surface area contributed by atoms with Crippen LogP contribution in [0.2, 0.25) is 0 Å². The molecule has 3 heteroatoms. The molecule has 4 aromatic carbocycles. The van der Waals surface area contributed by atoms with Crippen LogP contribution in [-0.2, 0) is 0 Å². The van der Waals surface area contributed by atoms with Gasteiger partial charge < -0.3 is 9.30 Å². The monoisotopic (exact) mass is 477 g/mol. The lowest BCUT2D eigenvalue weighted by Crippen LogP contribution is -2.37. The Labute approximate surface area is 222 Å². The summed E-state index contributed by atoms with van der Waals surface area (Å²) in [5.74, 6) is 0.354. The highest BCUT2D eigenvalue weighted by Crippen LogP contribution is 2.47. The molecular formula is C33H29N2O+. The van der Waals surface area contributed by atoms with E-state index in [0.717, 1.165) is 28.0 Å². The van der Waals surface area contributed by atoms with Crippen molar-refractivity contribution in [1.82, 2.24) is 4.57 Å². The van der Waals surface area contributed by atoms with E-state index in [-0.39, 0.29) is 51.9 Å². The van der Waals surface area contributed by atoms with E-state index in [1.165, 1.54) is 10.1 Å². The molecule has 0 amide bonds. The molecule has 0 radical (unpaired) electrons. The Morgan fingerprint density at radius 1 is 0.917 bits per heavy atom. The summed E-state index contributed by atoms with van der Waals surface area (Å²) < 4.78 is 79.3. The third-order valence-electron chi connectivity index (χ3n) is 7.48. The Morgan fingerprint density at radius 3 is 2.33 bits per heavy atom. The Bertz CT molecular complexity index is 2120. The van der Waals surface area contributed by atoms with E-state index in [1.807, 2.05) is 25.4 Å². The van der Waals surface area contributed by atoms with Gasteiger partial charge in [0.2, 0.25) is 5.71 Å². The number of aryl methyl sites for hydroxylation is 2. The molecule has 176 valence electrons. The predicted octanol–water partition coefficient (Wildman–Crippen LogP) is 7.21. The van der Waals surface area contributed by atoms with Crippen molar-refractivity contribution in [2.24, 2.45) is 0 Å². The maximum atomic E-state index is 8.90. The summed E-state index contributed by atoms with van der Waals surface area (Å²) in [6.45, 7) is 6.27. The van der Waals surface area contributed by atoms with Crippen LogP contribution in [0.1, 0.15) is 44.7 Å². The van der Waals surface area contributed by atoms with Crippen molar-refractivity contribution >= 4 is 27.5 Å². The molecule has 0 saturated heterocycles. The van der Waals surface area contributed by atoms with Gasteiger partial charge in [0.25, 0.3) is 0 Å². The standard InChI is InChI=1S/C33H29N2O/c1-20-18-21(2)22(3)27(19-20)31-33-26(16-17-34(31)4)25-12-9-15-30(32(25)36-33)35-28-13-7-5-10-23(28)24-11-6-8-14-29(24)35/h5-19,26,33H,1-4H3/q+1/i5D,6D,7D,8D,10D,11D,13D,14D. The lowest BCUT2D eigenvalue weighted by molar-refractivity contribution is -0.427. The number of benzene rings is 4. The fourth-order valence-corrected chi connectivity index (χ4v) is 5.72. The van der Waals surface area contributed by atoms with Gasteiger partial charge in [-0.2, -0.15) is 0 Å². The quantitative estimate of drug-likeness (QED) is 0.246. The maximum Gasteiger partial charge on any atom is 0.230 e. The fraction of sp³-hybridized carbons (Fsp3) is 0.182. The first-order valence-electron chi connectivity index (χ1n) is 16.0. The van der Waals surface area contributed by atoms with Crippen LogP contribution in [0.5, 0.6) is 5.75 Å². The van der Waals surface area contributed by atoms with Crippen molar-refractivity contribution in [3.8, 4) is 11.4 Å². The molecular weight excluding hydrogens is 440 g/mol. The number of ether oxygens (including phenoxy) is 1. The van der Waals surface area contributed by atoms with Gasteiger partial charge in [-0.15, -0.1) is 0 Å². The molecule has 5 aromatic rings. The van der Waals surface area contributed by atoms with Gasteiger partial charge >= 0.3 is 0 Å². The lowest BCUT2D eigenvalue weighted by Gasteiger charge is -2.22. The third-order valence-corrected chi connectivity index (χ3v) is 7.48. The molecule has 0 aliphatic carbocycles. The maximum absolute atomic E-state index is 8.90. The van der Waals surface area contributed by atoms with Crippen LogP contribution in [0.3, 0.4) is 0 Å². The summed E-state index contributed by atoms with van der Waals surface area (Å²) in [5, 5.41) is 0.0903. The van der Waals surface area contributed by atoms with Gasteiger partial charge in [0.05, 0.1) is 33.6 Å². The number of fused-ring (bicyclic) bond motifs is 6. The first-order chi connectivity index (χ1) is 20.8. The van der Waals surface area contributed by atoms with E-state index in [0.29, 0.717) is 11.4 Å². The SMILES string of the molecule is [2H]c1c([2H])c([2H])c2c(c1[2H])c1c([2H])c([2H])c([2H])c([2H])c1n2-c1cccc2c1OC1C(c3cc(C)cc(C)c3C)=[N+](C)C=CC21. The number of aromatic nitrogens is 1. The molecule has 1 aromatic heterocycles. The fourth-order valence-electron chi connectivity index (χ4n) is 5.72. The van der Waals surface area contributed by atoms with Gasteiger partial charge in [-0.1, -0.05) is 60.0 Å². The minimum Gasteiger partial charge on any atom is -0.476 e. The van der Waals surface area contributed by atoms with E-state index in [2.05, 4.69) is 43.6 Å². The number of hydrogen-bond acceptors (Lipinski definition) is 1. The smallest absolute Gasteiger partial charge is 0.230 e. The highest BCUT2D eigenvalue weighted by molar-refractivity contribution is 6.09. The Balaban J connectivity index is 1.56. The van der Waals surface area contributed by atoms with E-state index in [9.17, 15) is 0 Å². The first-order valence-corrected chi connectivity index (χ1v) is 12.0. The summed E-state index contributed by atoms with van der Waals surface area (Å²) >= 11 is 0. The van der Waals surface area contributed by atoms with Crippen LogP contribution < -0.4 is 4.74 Å². The highest BCUT2D eigenvalue weighted by atomic mass is 16.5. The zero-order chi connectivity index (χ0) is 31.5. The van der Waals surface area contributed by atoms with Crippen LogP contribution in [0.15, 0.2) is 90.9 Å². The van der Waals surface area contributed by atoms with Crippen LogP contribution in [0, 0.1) is 20.8 Å². The topological polar surface area (TPSA) is 17.2 Å². The lowest BCUT2D eigenvalue weighted by atomic mass is 9.85. The number of nitrogens with zero attached hydrogens (tertiary/aromatic N) is 2. The molecule has 0 bridgehead atoms. The second-order valence-electron chi connectivity index (χ2n) is 9.63. The van der Waals surface area contributed by atoms with Crippen molar-refractivity contribution in [1.29, 1.82) is 0 Å². The van der Waals surface area contributed by atoms with Gasteiger partial charge in [0.1, 0.15) is 12.8 Å². The molecule has 2 aliphatic rings. The van der Waals surface area contributed by atoms with Crippen LogP contribution in [-0.4, -0.2) is 28.0 Å². The minimum atomic E-state index is -0.467. The molecule has 0 spiro atoms. The minimum absolute atomic E-state index is 0.0451. The molecule has 0 N–H and O–H groups in total. The zero-order valence-electron chi connectivity index (χ0n) is 28.5. The molecule has 3 heterocycles. The van der Waals surface area contributed by atoms with Gasteiger partial charge in [-0.05, 0) is 62.2 Å². The molecule has 2 atom stereocenters. The van der Waals surface area contributed by atoms with Crippen LogP contribution >= 0.6 is 0 Å². The number of hydrogen-bond donors (Lipinski definition) is 0. The van der Waals surface area contributed by atoms with Gasteiger partial charge in [0.15, 0.2) is 12.3 Å². The zero-order valence-corrected chi connectivity index (χ0v) is 20.5. The normalized spacial score (nSPS) is 21.7. The summed E-state index contributed by atoms with van der Waals surface area (Å²) in [7, 11) is 1.99. The molecule has 2 aliphatic heterocycles. The average molecular weight is 478 g/mol. The number of rotatable bonds is 2. The van der Waals surface area contributed by atoms with Crippen molar-refractivity contribution in [2.45, 2.75) is 32.8 Å². The Hall–Kier alpha value is -4.11. The summed E-state index contributed by atoms with van der Waals surface area (Å²) in [4.78, 5) is 0. The van der Waals surface area contributed by atoms with Gasteiger partial charge in [-0.3, -0.25) is 0 Å². The van der Waals surface area contributed by atoms with Crippen LogP contribution in [0.25, 0.3) is 27.5 Å². The molecule has 7 rings (SSSR count). The molecule has 0 fully saturated rings. The third kappa shape index (κ3) is 2.89. The summed E-state index contributed by atoms with van der Waals surface area (Å²) in [6, 6.07) is 6.70. The van der Waals surface area contributed by atoms with Crippen LogP contribution in [0.4, 0.5) is 0 Å². The molecule has 3 nitrogen and oxygen atoms in total. The van der Waals surface area contributed by atoms with Crippen molar-refractivity contribution < 1.29 is 20.3 Å². The largest absolute Gasteiger partial charge is 0.476 e. The Kier molecular flexibility index (Phi) is 3.09. The Morgan fingerprint density at radius 2 is 1.61 bits per heavy atom. The average Bonchev–Trinajstić information content (AvgIpc) is 3.55. The summed E-state index contributed by atoms with van der Waals surface area (Å²) in [6.07, 6.45) is 3.73. The van der Waals surface area contributed by atoms with Crippen molar-refractivity contribution in [3.05, 3.63) is 119 Å². The highest BCUT2D eigenvalue weighted by Gasteiger charge is 2.45. The predicted molar refractivity (Wildman–Crippen MR) is 148 cm³/mol.